The van der Waals surface area contributed by atoms with Crippen LogP contribution in [0.3, 0.4) is 0 Å². The van der Waals surface area contributed by atoms with E-state index in [1.54, 1.807) is 6.92 Å². The highest BCUT2D eigenvalue weighted by Gasteiger charge is 2.29. The van der Waals surface area contributed by atoms with Gasteiger partial charge in [-0.3, -0.25) is 4.31 Å². The number of anilines is 2. The maximum Gasteiger partial charge on any atom is 0.248 e. The molecule has 1 atom stereocenters. The quantitative estimate of drug-likeness (QED) is 0.922. The number of nitrogens with zero attached hydrogens (tertiary/aromatic N) is 3. The van der Waals surface area contributed by atoms with E-state index in [0.717, 1.165) is 16.9 Å². The lowest BCUT2D eigenvalue weighted by atomic mass is 10.1. The van der Waals surface area contributed by atoms with Crippen LogP contribution in [0.15, 0.2) is 22.7 Å². The maximum absolute atomic E-state index is 12.1. The Morgan fingerprint density at radius 2 is 2.13 bits per heavy atom. The zero-order valence-corrected chi connectivity index (χ0v) is 14.2. The summed E-state index contributed by atoms with van der Waals surface area (Å²) in [5.41, 5.74) is 2.47. The monoisotopic (exact) mass is 336 g/mol. The van der Waals surface area contributed by atoms with Gasteiger partial charge in [-0.05, 0) is 44.9 Å². The molecule has 1 saturated heterocycles. The Hall–Kier alpha value is -2.09. The van der Waals surface area contributed by atoms with E-state index in [0.29, 0.717) is 24.7 Å². The molecular weight excluding hydrogens is 316 g/mol. The number of sulfonamides is 1. The molecule has 1 aromatic carbocycles. The molecule has 1 aliphatic heterocycles. The summed E-state index contributed by atoms with van der Waals surface area (Å²) in [6, 6.07) is 5.53. The standard InChI is InChI=1S/C15H20N4O3S/c1-10-5-6-13(16-11(2)15-17-12(3)18-22-15)9-14(10)19-7-4-8-23(19,20)21/h5-6,9,11,16H,4,7-8H2,1-3H3/t11-/m0/s1. The largest absolute Gasteiger partial charge is 0.374 e. The van der Waals surface area contributed by atoms with Gasteiger partial charge in [0, 0.05) is 12.2 Å². The molecule has 0 saturated carbocycles. The summed E-state index contributed by atoms with van der Waals surface area (Å²) >= 11 is 0. The van der Waals surface area contributed by atoms with E-state index in [9.17, 15) is 8.42 Å². The predicted octanol–water partition coefficient (Wildman–Crippen LogP) is 2.40. The van der Waals surface area contributed by atoms with Crippen molar-refractivity contribution in [1.29, 1.82) is 0 Å². The second-order valence-corrected chi connectivity index (χ2v) is 7.80. The molecule has 3 rings (SSSR count). The van der Waals surface area contributed by atoms with Crippen LogP contribution in [0.5, 0.6) is 0 Å². The summed E-state index contributed by atoms with van der Waals surface area (Å²) in [5, 5.41) is 7.05. The van der Waals surface area contributed by atoms with Gasteiger partial charge in [-0.1, -0.05) is 11.2 Å². The molecule has 7 nitrogen and oxygen atoms in total. The number of rotatable bonds is 4. The summed E-state index contributed by atoms with van der Waals surface area (Å²) < 4.78 is 30.9. The number of nitrogens with one attached hydrogen (secondary N) is 1. The van der Waals surface area contributed by atoms with Crippen LogP contribution >= 0.6 is 0 Å². The van der Waals surface area contributed by atoms with Crippen LogP contribution in [-0.4, -0.2) is 30.9 Å². The van der Waals surface area contributed by atoms with Gasteiger partial charge in [0.25, 0.3) is 0 Å². The van der Waals surface area contributed by atoms with Crippen molar-refractivity contribution >= 4 is 21.4 Å². The molecule has 0 unspecified atom stereocenters. The van der Waals surface area contributed by atoms with Crippen molar-refractivity contribution < 1.29 is 12.9 Å². The van der Waals surface area contributed by atoms with E-state index in [1.165, 1.54) is 4.31 Å². The second-order valence-electron chi connectivity index (χ2n) is 5.79. The van der Waals surface area contributed by atoms with Gasteiger partial charge in [0.15, 0.2) is 5.82 Å². The van der Waals surface area contributed by atoms with Crippen LogP contribution in [0, 0.1) is 13.8 Å². The minimum Gasteiger partial charge on any atom is -0.374 e. The third-order valence-corrected chi connectivity index (χ3v) is 5.73. The van der Waals surface area contributed by atoms with E-state index >= 15 is 0 Å². The fraction of sp³-hybridized carbons (Fsp3) is 0.467. The summed E-state index contributed by atoms with van der Waals surface area (Å²) in [5.74, 6) is 1.29. The molecule has 124 valence electrons. The summed E-state index contributed by atoms with van der Waals surface area (Å²) in [6.07, 6.45) is 0.664. The van der Waals surface area contributed by atoms with Crippen molar-refractivity contribution in [2.24, 2.45) is 0 Å². The number of benzene rings is 1. The van der Waals surface area contributed by atoms with Crippen LogP contribution in [0.4, 0.5) is 11.4 Å². The maximum atomic E-state index is 12.1. The number of aryl methyl sites for hydroxylation is 2. The van der Waals surface area contributed by atoms with Crippen molar-refractivity contribution in [3.63, 3.8) is 0 Å². The number of hydrogen-bond acceptors (Lipinski definition) is 6. The molecule has 1 N–H and O–H groups in total. The Bertz CT molecular complexity index is 816. The molecule has 23 heavy (non-hydrogen) atoms. The molecule has 0 amide bonds. The lowest BCUT2D eigenvalue weighted by Crippen LogP contribution is -2.26. The van der Waals surface area contributed by atoms with Gasteiger partial charge in [-0.15, -0.1) is 0 Å². The fourth-order valence-electron chi connectivity index (χ4n) is 2.68. The number of aromatic nitrogens is 2. The Labute approximate surface area is 135 Å². The third kappa shape index (κ3) is 3.17. The molecular formula is C15H20N4O3S. The highest BCUT2D eigenvalue weighted by molar-refractivity contribution is 7.93. The topological polar surface area (TPSA) is 88.3 Å². The van der Waals surface area contributed by atoms with Gasteiger partial charge in [-0.2, -0.15) is 4.98 Å². The third-order valence-electron chi connectivity index (χ3n) is 3.87. The number of hydrogen-bond donors (Lipinski definition) is 1. The van der Waals surface area contributed by atoms with Crippen LogP contribution in [0.1, 0.15) is 36.7 Å². The zero-order valence-electron chi connectivity index (χ0n) is 13.4. The van der Waals surface area contributed by atoms with Gasteiger partial charge in [0.1, 0.15) is 6.04 Å². The first-order valence-corrected chi connectivity index (χ1v) is 9.15. The SMILES string of the molecule is Cc1noc([C@H](C)Nc2ccc(C)c(N3CCCS3(=O)=O)c2)n1. The molecule has 8 heteroatoms. The molecule has 2 heterocycles. The average Bonchev–Trinajstić information content (AvgIpc) is 3.06. The van der Waals surface area contributed by atoms with Crippen LogP contribution in [0.2, 0.25) is 0 Å². The highest BCUT2D eigenvalue weighted by atomic mass is 32.2. The van der Waals surface area contributed by atoms with Gasteiger partial charge in [-0.25, -0.2) is 8.42 Å². The normalized spacial score (nSPS) is 18.1. The first-order valence-electron chi connectivity index (χ1n) is 7.54. The van der Waals surface area contributed by atoms with Crippen LogP contribution in [0.25, 0.3) is 0 Å². The van der Waals surface area contributed by atoms with Crippen molar-refractivity contribution in [3.8, 4) is 0 Å². The van der Waals surface area contributed by atoms with E-state index in [1.807, 2.05) is 32.0 Å². The van der Waals surface area contributed by atoms with Crippen molar-refractivity contribution in [1.82, 2.24) is 10.1 Å². The van der Waals surface area contributed by atoms with Crippen molar-refractivity contribution in [3.05, 3.63) is 35.5 Å². The van der Waals surface area contributed by atoms with Gasteiger partial charge < -0.3 is 9.84 Å². The first kappa shape index (κ1) is 15.8. The van der Waals surface area contributed by atoms with Crippen LogP contribution < -0.4 is 9.62 Å². The molecule has 0 spiro atoms. The Morgan fingerprint density at radius 1 is 1.35 bits per heavy atom. The van der Waals surface area contributed by atoms with E-state index in [2.05, 4.69) is 15.5 Å². The van der Waals surface area contributed by atoms with Crippen molar-refractivity contribution in [2.75, 3.05) is 21.9 Å². The minimum absolute atomic E-state index is 0.165. The first-order chi connectivity index (χ1) is 10.9. The summed E-state index contributed by atoms with van der Waals surface area (Å²) in [6.45, 7) is 6.13. The van der Waals surface area contributed by atoms with Gasteiger partial charge >= 0.3 is 0 Å². The molecule has 1 aliphatic rings. The Kier molecular flexibility index (Phi) is 4.01. The zero-order chi connectivity index (χ0) is 16.6. The molecule has 0 radical (unpaired) electrons. The van der Waals surface area contributed by atoms with Crippen molar-refractivity contribution in [2.45, 2.75) is 33.2 Å². The molecule has 1 aromatic heterocycles. The lowest BCUT2D eigenvalue weighted by molar-refractivity contribution is 0.364. The Balaban J connectivity index is 1.86. The highest BCUT2D eigenvalue weighted by Crippen LogP contribution is 2.31. The predicted molar refractivity (Wildman–Crippen MR) is 88.0 cm³/mol. The smallest absolute Gasteiger partial charge is 0.248 e. The Morgan fingerprint density at radius 3 is 2.74 bits per heavy atom. The van der Waals surface area contributed by atoms with E-state index in [4.69, 9.17) is 4.52 Å². The molecule has 2 aromatic rings. The molecule has 1 fully saturated rings. The lowest BCUT2D eigenvalue weighted by Gasteiger charge is -2.21. The van der Waals surface area contributed by atoms with E-state index < -0.39 is 10.0 Å². The minimum atomic E-state index is -3.19. The van der Waals surface area contributed by atoms with E-state index in [-0.39, 0.29) is 11.8 Å². The van der Waals surface area contributed by atoms with Gasteiger partial charge in [0.05, 0.1) is 11.4 Å². The van der Waals surface area contributed by atoms with Gasteiger partial charge in [0.2, 0.25) is 15.9 Å². The summed E-state index contributed by atoms with van der Waals surface area (Å²) in [4.78, 5) is 4.20. The molecule has 0 bridgehead atoms. The second kappa shape index (κ2) is 5.84. The van der Waals surface area contributed by atoms with Crippen LogP contribution in [-0.2, 0) is 10.0 Å². The summed E-state index contributed by atoms with van der Waals surface area (Å²) in [7, 11) is -3.19. The fourth-order valence-corrected chi connectivity index (χ4v) is 4.30. The average molecular weight is 336 g/mol. The molecule has 0 aliphatic carbocycles.